The van der Waals surface area contributed by atoms with E-state index in [1.807, 2.05) is 78.9 Å². The van der Waals surface area contributed by atoms with Crippen molar-refractivity contribution in [3.63, 3.8) is 0 Å². The van der Waals surface area contributed by atoms with Crippen molar-refractivity contribution >= 4 is 17.7 Å². The minimum Gasteiger partial charge on any atom is -0.457 e. The van der Waals surface area contributed by atoms with Gasteiger partial charge in [-0.15, -0.1) is 0 Å². The van der Waals surface area contributed by atoms with Crippen molar-refractivity contribution in [3.8, 4) is 23.1 Å². The lowest BCUT2D eigenvalue weighted by Crippen LogP contribution is -2.13. The lowest BCUT2D eigenvalue weighted by atomic mass is 9.86. The summed E-state index contributed by atoms with van der Waals surface area (Å²) in [5.74, 6) is 2.20. The number of hydrogen-bond acceptors (Lipinski definition) is 4. The molecule has 0 saturated heterocycles. The summed E-state index contributed by atoms with van der Waals surface area (Å²) in [6, 6.07) is 28.5. The van der Waals surface area contributed by atoms with Gasteiger partial charge in [0.2, 0.25) is 11.8 Å². The van der Waals surface area contributed by atoms with E-state index in [-0.39, 0.29) is 11.3 Å². The molecule has 0 spiro atoms. The summed E-state index contributed by atoms with van der Waals surface area (Å²) in [5.41, 5.74) is 2.29. The monoisotopic (exact) mass is 464 g/mol. The van der Waals surface area contributed by atoms with E-state index in [0.29, 0.717) is 23.1 Å². The molecule has 5 heteroatoms. The fourth-order valence-electron chi connectivity index (χ4n) is 3.50. The van der Waals surface area contributed by atoms with E-state index in [9.17, 15) is 4.79 Å². The maximum atomic E-state index is 12.7. The molecule has 176 valence electrons. The molecular formula is C30H28N2O3. The molecule has 0 atom stereocenters. The summed E-state index contributed by atoms with van der Waals surface area (Å²) in [6.07, 6.45) is 4.85. The molecule has 0 unspecified atom stereocenters. The van der Waals surface area contributed by atoms with Gasteiger partial charge in [0.05, 0.1) is 0 Å². The molecule has 0 aliphatic carbocycles. The van der Waals surface area contributed by atoms with Crippen LogP contribution < -0.4 is 14.8 Å². The highest BCUT2D eigenvalue weighted by Gasteiger charge is 2.20. The standard InChI is InChI=1S/C30H28N2O3/c1-30(2,3)25-15-7-8-17-27(25)35-29-26(16-10-20-31-29)32-28(33)19-18-22-11-9-14-24(21-22)34-23-12-5-4-6-13-23/h4-21H,1-3H3,(H,32,33). The van der Waals surface area contributed by atoms with Crippen LogP contribution in [-0.2, 0) is 10.2 Å². The van der Waals surface area contributed by atoms with Gasteiger partial charge in [0.25, 0.3) is 0 Å². The van der Waals surface area contributed by atoms with Gasteiger partial charge in [0.15, 0.2) is 0 Å². The fourth-order valence-corrected chi connectivity index (χ4v) is 3.50. The number of anilines is 1. The van der Waals surface area contributed by atoms with Crippen LogP contribution >= 0.6 is 0 Å². The predicted molar refractivity (Wildman–Crippen MR) is 140 cm³/mol. The van der Waals surface area contributed by atoms with E-state index in [4.69, 9.17) is 9.47 Å². The highest BCUT2D eigenvalue weighted by Crippen LogP contribution is 2.35. The van der Waals surface area contributed by atoms with E-state index >= 15 is 0 Å². The molecule has 4 rings (SSSR count). The first kappa shape index (κ1) is 23.8. The quantitative estimate of drug-likeness (QED) is 0.286. The molecule has 5 nitrogen and oxygen atoms in total. The van der Waals surface area contributed by atoms with Gasteiger partial charge >= 0.3 is 0 Å². The Morgan fingerprint density at radius 1 is 0.829 bits per heavy atom. The number of nitrogens with one attached hydrogen (secondary N) is 1. The second kappa shape index (κ2) is 10.7. The van der Waals surface area contributed by atoms with Crippen LogP contribution in [-0.4, -0.2) is 10.9 Å². The summed E-state index contributed by atoms with van der Waals surface area (Å²) in [7, 11) is 0. The number of carbonyl (C=O) groups is 1. The number of ether oxygens (including phenoxy) is 2. The van der Waals surface area contributed by atoms with E-state index in [1.54, 1.807) is 24.4 Å². The van der Waals surface area contributed by atoms with Gasteiger partial charge in [-0.1, -0.05) is 69.3 Å². The SMILES string of the molecule is CC(C)(C)c1ccccc1Oc1ncccc1NC(=O)C=Cc1cccc(Oc2ccccc2)c1. The van der Waals surface area contributed by atoms with Crippen molar-refractivity contribution in [1.29, 1.82) is 0 Å². The summed E-state index contributed by atoms with van der Waals surface area (Å²) in [6.45, 7) is 6.38. The van der Waals surface area contributed by atoms with Crippen molar-refractivity contribution in [2.45, 2.75) is 26.2 Å². The third-order valence-corrected chi connectivity index (χ3v) is 5.19. The van der Waals surface area contributed by atoms with Gasteiger partial charge in [-0.3, -0.25) is 4.79 Å². The second-order valence-electron chi connectivity index (χ2n) is 9.01. The minimum atomic E-state index is -0.290. The van der Waals surface area contributed by atoms with Crippen LogP contribution in [0.1, 0.15) is 31.9 Å². The fraction of sp³-hybridized carbons (Fsp3) is 0.133. The number of para-hydroxylation sites is 2. The molecule has 1 amide bonds. The average Bonchev–Trinajstić information content (AvgIpc) is 2.85. The van der Waals surface area contributed by atoms with Crippen LogP contribution in [0.2, 0.25) is 0 Å². The van der Waals surface area contributed by atoms with E-state index in [1.165, 1.54) is 6.08 Å². The maximum absolute atomic E-state index is 12.7. The lowest BCUT2D eigenvalue weighted by Gasteiger charge is -2.22. The first-order valence-electron chi connectivity index (χ1n) is 11.4. The smallest absolute Gasteiger partial charge is 0.248 e. The number of hydrogen-bond donors (Lipinski definition) is 1. The first-order chi connectivity index (χ1) is 16.9. The molecule has 1 N–H and O–H groups in total. The van der Waals surface area contributed by atoms with Crippen molar-refractivity contribution in [2.24, 2.45) is 0 Å². The largest absolute Gasteiger partial charge is 0.457 e. The van der Waals surface area contributed by atoms with Crippen LogP contribution in [0.3, 0.4) is 0 Å². The molecule has 0 fully saturated rings. The van der Waals surface area contributed by atoms with Crippen LogP contribution in [0.25, 0.3) is 6.08 Å². The molecule has 4 aromatic rings. The van der Waals surface area contributed by atoms with E-state index < -0.39 is 0 Å². The Morgan fingerprint density at radius 2 is 1.57 bits per heavy atom. The van der Waals surface area contributed by atoms with Crippen molar-refractivity contribution in [3.05, 3.63) is 114 Å². The molecule has 35 heavy (non-hydrogen) atoms. The van der Waals surface area contributed by atoms with E-state index in [2.05, 4.69) is 31.1 Å². The summed E-state index contributed by atoms with van der Waals surface area (Å²) in [4.78, 5) is 17.0. The molecule has 0 aliphatic rings. The Balaban J connectivity index is 1.46. The van der Waals surface area contributed by atoms with Crippen LogP contribution in [0.5, 0.6) is 23.1 Å². The number of amides is 1. The number of aromatic nitrogens is 1. The molecule has 0 radical (unpaired) electrons. The zero-order valence-corrected chi connectivity index (χ0v) is 20.1. The molecule has 3 aromatic carbocycles. The zero-order valence-electron chi connectivity index (χ0n) is 20.1. The topological polar surface area (TPSA) is 60.5 Å². The van der Waals surface area contributed by atoms with Crippen molar-refractivity contribution in [2.75, 3.05) is 5.32 Å². The van der Waals surface area contributed by atoms with Crippen molar-refractivity contribution in [1.82, 2.24) is 4.98 Å². The van der Waals surface area contributed by atoms with Gasteiger partial charge in [-0.25, -0.2) is 4.98 Å². The molecule has 1 heterocycles. The first-order valence-corrected chi connectivity index (χ1v) is 11.4. The zero-order chi connectivity index (χ0) is 24.7. The number of benzene rings is 3. The van der Waals surface area contributed by atoms with E-state index in [0.717, 1.165) is 16.9 Å². The molecule has 1 aromatic heterocycles. The van der Waals surface area contributed by atoms with Crippen LogP contribution in [0.15, 0.2) is 103 Å². The Kier molecular flexibility index (Phi) is 7.27. The molecule has 0 saturated carbocycles. The van der Waals surface area contributed by atoms with Gasteiger partial charge in [0, 0.05) is 17.8 Å². The van der Waals surface area contributed by atoms with Gasteiger partial charge in [-0.05, 0) is 59.5 Å². The summed E-state index contributed by atoms with van der Waals surface area (Å²) in [5, 5.41) is 2.87. The van der Waals surface area contributed by atoms with Gasteiger partial charge in [-0.2, -0.15) is 0 Å². The Labute approximate surface area is 206 Å². The third kappa shape index (κ3) is 6.58. The highest BCUT2D eigenvalue weighted by atomic mass is 16.5. The second-order valence-corrected chi connectivity index (χ2v) is 9.01. The van der Waals surface area contributed by atoms with Crippen molar-refractivity contribution < 1.29 is 14.3 Å². The molecular weight excluding hydrogens is 436 g/mol. The molecule has 0 bridgehead atoms. The minimum absolute atomic E-state index is 0.101. The van der Waals surface area contributed by atoms with Gasteiger partial charge < -0.3 is 14.8 Å². The number of pyridine rings is 1. The normalized spacial score (nSPS) is 11.3. The molecule has 0 aliphatic heterocycles. The van der Waals surface area contributed by atoms with Crippen LogP contribution in [0, 0.1) is 0 Å². The maximum Gasteiger partial charge on any atom is 0.248 e. The summed E-state index contributed by atoms with van der Waals surface area (Å²) < 4.78 is 12.0. The van der Waals surface area contributed by atoms with Gasteiger partial charge in [0.1, 0.15) is 22.9 Å². The predicted octanol–water partition coefficient (Wildman–Crippen LogP) is 7.62. The highest BCUT2D eigenvalue weighted by molar-refractivity contribution is 6.02. The Hall–Kier alpha value is -4.38. The average molecular weight is 465 g/mol. The number of nitrogens with zero attached hydrogens (tertiary/aromatic N) is 1. The Morgan fingerprint density at radius 3 is 2.37 bits per heavy atom. The number of carbonyl (C=O) groups excluding carboxylic acids is 1. The Bertz CT molecular complexity index is 1320. The number of rotatable bonds is 7. The van der Waals surface area contributed by atoms with Crippen LogP contribution in [0.4, 0.5) is 5.69 Å². The summed E-state index contributed by atoms with van der Waals surface area (Å²) >= 11 is 0. The lowest BCUT2D eigenvalue weighted by molar-refractivity contribution is -0.111. The third-order valence-electron chi connectivity index (χ3n) is 5.19.